The van der Waals surface area contributed by atoms with Crippen molar-refractivity contribution in [2.24, 2.45) is 11.7 Å². The second-order valence-electron chi connectivity index (χ2n) is 5.98. The van der Waals surface area contributed by atoms with Gasteiger partial charge in [-0.15, -0.1) is 0 Å². The summed E-state index contributed by atoms with van der Waals surface area (Å²) in [6.45, 7) is 5.31. The number of carbonyl (C=O) groups is 1. The Morgan fingerprint density at radius 3 is 2.57 bits per heavy atom. The molecular weight excluding hydrogens is 266 g/mol. The Hall–Kier alpha value is -1.75. The van der Waals surface area contributed by atoms with E-state index in [4.69, 9.17) is 10.5 Å². The molecule has 114 valence electrons. The predicted octanol–water partition coefficient (Wildman–Crippen LogP) is 1.33. The Balaban J connectivity index is 1.70. The van der Waals surface area contributed by atoms with Crippen LogP contribution in [-0.4, -0.2) is 50.6 Å². The highest BCUT2D eigenvalue weighted by Crippen LogP contribution is 2.32. The van der Waals surface area contributed by atoms with Crippen molar-refractivity contribution in [3.05, 3.63) is 23.8 Å². The van der Waals surface area contributed by atoms with E-state index in [0.717, 1.165) is 43.5 Å². The first-order valence-corrected chi connectivity index (χ1v) is 7.62. The Morgan fingerprint density at radius 1 is 1.29 bits per heavy atom. The number of nitrogens with zero attached hydrogens (tertiary/aromatic N) is 2. The maximum Gasteiger partial charge on any atom is 0.248 e. The van der Waals surface area contributed by atoms with Crippen LogP contribution in [0.4, 0.5) is 5.69 Å². The monoisotopic (exact) mass is 289 g/mol. The highest BCUT2D eigenvalue weighted by atomic mass is 16.5. The smallest absolute Gasteiger partial charge is 0.248 e. The van der Waals surface area contributed by atoms with Gasteiger partial charge < -0.3 is 15.4 Å². The molecule has 3 rings (SSSR count). The van der Waals surface area contributed by atoms with Crippen molar-refractivity contribution in [2.75, 3.05) is 44.7 Å². The standard InChI is InChI=1S/C16H23N3O2/c1-21-15-5-4-13(16(17)20)10-14(15)19-8-6-18(7-9-19)11-12-2-3-12/h4-5,10,12H,2-3,6-9,11H2,1H3,(H2,17,20). The van der Waals surface area contributed by atoms with E-state index >= 15 is 0 Å². The van der Waals surface area contributed by atoms with Crippen LogP contribution in [0, 0.1) is 5.92 Å². The van der Waals surface area contributed by atoms with Gasteiger partial charge in [-0.2, -0.15) is 0 Å². The number of nitrogens with two attached hydrogens (primary N) is 1. The molecule has 0 atom stereocenters. The van der Waals surface area contributed by atoms with Crippen molar-refractivity contribution in [3.8, 4) is 5.75 Å². The van der Waals surface area contributed by atoms with Crippen LogP contribution in [0.2, 0.25) is 0 Å². The molecule has 21 heavy (non-hydrogen) atoms. The minimum absolute atomic E-state index is 0.397. The molecule has 0 bridgehead atoms. The summed E-state index contributed by atoms with van der Waals surface area (Å²) in [5.41, 5.74) is 6.89. The maximum atomic E-state index is 11.4. The maximum absolute atomic E-state index is 11.4. The number of methoxy groups -OCH3 is 1. The van der Waals surface area contributed by atoms with E-state index in [-0.39, 0.29) is 0 Å². The summed E-state index contributed by atoms with van der Waals surface area (Å²) in [7, 11) is 1.66. The number of hydrogen-bond acceptors (Lipinski definition) is 4. The van der Waals surface area contributed by atoms with Gasteiger partial charge in [0.15, 0.2) is 0 Å². The number of rotatable bonds is 5. The molecule has 1 saturated heterocycles. The first kappa shape index (κ1) is 14.2. The fraction of sp³-hybridized carbons (Fsp3) is 0.562. The summed E-state index contributed by atoms with van der Waals surface area (Å²) >= 11 is 0. The number of anilines is 1. The van der Waals surface area contributed by atoms with Gasteiger partial charge in [-0.05, 0) is 37.0 Å². The lowest BCUT2D eigenvalue weighted by Crippen LogP contribution is -2.47. The van der Waals surface area contributed by atoms with Gasteiger partial charge in [-0.1, -0.05) is 0 Å². The zero-order valence-corrected chi connectivity index (χ0v) is 12.5. The lowest BCUT2D eigenvalue weighted by Gasteiger charge is -2.36. The van der Waals surface area contributed by atoms with Crippen LogP contribution >= 0.6 is 0 Å². The van der Waals surface area contributed by atoms with Gasteiger partial charge >= 0.3 is 0 Å². The molecule has 2 fully saturated rings. The highest BCUT2D eigenvalue weighted by Gasteiger charge is 2.27. The average Bonchev–Trinajstić information content (AvgIpc) is 3.31. The second-order valence-corrected chi connectivity index (χ2v) is 5.98. The van der Waals surface area contributed by atoms with Gasteiger partial charge in [0.1, 0.15) is 5.75 Å². The molecule has 0 spiro atoms. The molecule has 1 saturated carbocycles. The molecule has 5 heteroatoms. The van der Waals surface area contributed by atoms with E-state index in [2.05, 4.69) is 9.80 Å². The lowest BCUT2D eigenvalue weighted by atomic mass is 10.1. The Bertz CT molecular complexity index is 520. The zero-order chi connectivity index (χ0) is 14.8. The summed E-state index contributed by atoms with van der Waals surface area (Å²) < 4.78 is 5.43. The Labute approximate surface area is 125 Å². The van der Waals surface area contributed by atoms with Gasteiger partial charge in [0.25, 0.3) is 0 Å². The van der Waals surface area contributed by atoms with Gasteiger partial charge in [0, 0.05) is 38.3 Å². The number of primary amides is 1. The minimum Gasteiger partial charge on any atom is -0.495 e. The Kier molecular flexibility index (Phi) is 4.01. The largest absolute Gasteiger partial charge is 0.495 e. The zero-order valence-electron chi connectivity index (χ0n) is 12.5. The average molecular weight is 289 g/mol. The molecule has 1 aliphatic carbocycles. The van der Waals surface area contributed by atoms with Crippen molar-refractivity contribution in [3.63, 3.8) is 0 Å². The summed E-state index contributed by atoms with van der Waals surface area (Å²) in [6, 6.07) is 5.39. The molecule has 2 aliphatic rings. The summed E-state index contributed by atoms with van der Waals surface area (Å²) in [5.74, 6) is 1.34. The second kappa shape index (κ2) is 5.93. The van der Waals surface area contributed by atoms with Crippen LogP contribution in [0.25, 0.3) is 0 Å². The molecule has 1 aromatic carbocycles. The first-order chi connectivity index (χ1) is 10.2. The highest BCUT2D eigenvalue weighted by molar-refractivity contribution is 5.94. The third-order valence-corrected chi connectivity index (χ3v) is 4.39. The van der Waals surface area contributed by atoms with E-state index < -0.39 is 5.91 Å². The quantitative estimate of drug-likeness (QED) is 0.888. The molecule has 5 nitrogen and oxygen atoms in total. The normalized spacial score (nSPS) is 19.6. The van der Waals surface area contributed by atoms with Crippen LogP contribution in [0.3, 0.4) is 0 Å². The van der Waals surface area contributed by atoms with Gasteiger partial charge in [0.05, 0.1) is 12.8 Å². The van der Waals surface area contributed by atoms with Gasteiger partial charge in [0.2, 0.25) is 5.91 Å². The van der Waals surface area contributed by atoms with Crippen LogP contribution < -0.4 is 15.4 Å². The predicted molar refractivity (Wildman–Crippen MR) is 82.9 cm³/mol. The number of carbonyl (C=O) groups excluding carboxylic acids is 1. The van der Waals surface area contributed by atoms with E-state index in [9.17, 15) is 4.79 Å². The number of ether oxygens (including phenoxy) is 1. The lowest BCUT2D eigenvalue weighted by molar-refractivity contribution is 0.100. The van der Waals surface area contributed by atoms with E-state index in [0.29, 0.717) is 5.56 Å². The number of piperazine rings is 1. The van der Waals surface area contributed by atoms with Gasteiger partial charge in [-0.25, -0.2) is 0 Å². The molecule has 0 radical (unpaired) electrons. The minimum atomic E-state index is -0.397. The first-order valence-electron chi connectivity index (χ1n) is 7.62. The summed E-state index contributed by atoms with van der Waals surface area (Å²) in [4.78, 5) is 16.2. The number of hydrogen-bond donors (Lipinski definition) is 1. The van der Waals surface area contributed by atoms with Crippen LogP contribution in [0.1, 0.15) is 23.2 Å². The Morgan fingerprint density at radius 2 is 2.00 bits per heavy atom. The fourth-order valence-electron chi connectivity index (χ4n) is 2.93. The van der Waals surface area contributed by atoms with Crippen LogP contribution in [-0.2, 0) is 0 Å². The van der Waals surface area contributed by atoms with Crippen molar-refractivity contribution >= 4 is 11.6 Å². The van der Waals surface area contributed by atoms with Crippen molar-refractivity contribution < 1.29 is 9.53 Å². The number of amides is 1. The molecule has 0 aromatic heterocycles. The number of benzene rings is 1. The van der Waals surface area contributed by atoms with Gasteiger partial charge in [-0.3, -0.25) is 9.69 Å². The van der Waals surface area contributed by atoms with E-state index in [1.807, 2.05) is 12.1 Å². The molecule has 0 unspecified atom stereocenters. The molecule has 2 N–H and O–H groups in total. The van der Waals surface area contributed by atoms with Crippen LogP contribution in [0.15, 0.2) is 18.2 Å². The van der Waals surface area contributed by atoms with E-state index in [1.54, 1.807) is 13.2 Å². The fourth-order valence-corrected chi connectivity index (χ4v) is 2.93. The third-order valence-electron chi connectivity index (χ3n) is 4.39. The topological polar surface area (TPSA) is 58.8 Å². The third kappa shape index (κ3) is 3.29. The summed E-state index contributed by atoms with van der Waals surface area (Å²) in [6.07, 6.45) is 2.80. The van der Waals surface area contributed by atoms with Crippen molar-refractivity contribution in [1.82, 2.24) is 4.90 Å². The molecule has 1 amide bonds. The molecular formula is C16H23N3O2. The van der Waals surface area contributed by atoms with Crippen molar-refractivity contribution in [1.29, 1.82) is 0 Å². The molecule has 1 aliphatic heterocycles. The molecule has 1 heterocycles. The SMILES string of the molecule is COc1ccc(C(N)=O)cc1N1CCN(CC2CC2)CC1. The molecule has 1 aromatic rings. The van der Waals surface area contributed by atoms with Crippen LogP contribution in [0.5, 0.6) is 5.75 Å². The summed E-state index contributed by atoms with van der Waals surface area (Å²) in [5, 5.41) is 0. The van der Waals surface area contributed by atoms with E-state index in [1.165, 1.54) is 19.4 Å². The van der Waals surface area contributed by atoms with Crippen molar-refractivity contribution in [2.45, 2.75) is 12.8 Å².